The van der Waals surface area contributed by atoms with Crippen LogP contribution in [-0.2, 0) is 0 Å². The van der Waals surface area contributed by atoms with E-state index >= 15 is 0 Å². The zero-order chi connectivity index (χ0) is 13.2. The molecule has 1 N–H and O–H groups in total. The first kappa shape index (κ1) is 11.3. The molecule has 3 rings (SSSR count). The highest BCUT2D eigenvalue weighted by Crippen LogP contribution is 2.17. The van der Waals surface area contributed by atoms with Gasteiger partial charge in [-0.15, -0.1) is 0 Å². The summed E-state index contributed by atoms with van der Waals surface area (Å²) in [6, 6.07) is 9.39. The van der Waals surface area contributed by atoms with Crippen molar-refractivity contribution in [2.75, 3.05) is 5.32 Å². The number of carbonyl (C=O) groups excluding carboxylic acids is 1. The van der Waals surface area contributed by atoms with Crippen molar-refractivity contribution in [2.24, 2.45) is 0 Å². The molecule has 3 aromatic rings. The third-order valence-corrected chi connectivity index (χ3v) is 2.66. The van der Waals surface area contributed by atoms with Crippen molar-refractivity contribution in [1.82, 2.24) is 0 Å². The molecule has 0 saturated heterocycles. The molecule has 2 aromatic heterocycles. The minimum Gasteiger partial charge on any atom is -0.464 e. The second kappa shape index (κ2) is 4.45. The Morgan fingerprint density at radius 2 is 1.95 bits per heavy atom. The fraction of sp³-hybridized carbons (Fsp3) is 0. The summed E-state index contributed by atoms with van der Waals surface area (Å²) in [6.45, 7) is 0. The Morgan fingerprint density at radius 1 is 1.05 bits per heavy atom. The number of nitrogens with one attached hydrogen (secondary N) is 1. The molecule has 0 aliphatic carbocycles. The van der Waals surface area contributed by atoms with E-state index in [9.17, 15) is 9.59 Å². The minimum absolute atomic E-state index is 0.157. The molecule has 0 aliphatic rings. The number of rotatable bonds is 2. The van der Waals surface area contributed by atoms with Gasteiger partial charge in [-0.1, -0.05) is 0 Å². The maximum Gasteiger partial charge on any atom is 0.291 e. The third-order valence-electron chi connectivity index (χ3n) is 2.66. The molecule has 5 nitrogen and oxygen atoms in total. The molecule has 2 heterocycles. The van der Waals surface area contributed by atoms with Gasteiger partial charge in [-0.3, -0.25) is 9.59 Å². The average molecular weight is 255 g/mol. The summed E-state index contributed by atoms with van der Waals surface area (Å²) in [5.41, 5.74) is 0.825. The molecule has 0 unspecified atom stereocenters. The van der Waals surface area contributed by atoms with Crippen molar-refractivity contribution < 1.29 is 13.6 Å². The van der Waals surface area contributed by atoms with Gasteiger partial charge in [0.1, 0.15) is 5.58 Å². The highest BCUT2D eigenvalue weighted by molar-refractivity contribution is 6.03. The van der Waals surface area contributed by atoms with Crippen LogP contribution in [-0.4, -0.2) is 5.91 Å². The standard InChI is InChI=1S/C14H9NO4/c16-11-5-7-19-12-4-3-9(8-10(11)12)15-14(17)13-2-1-6-18-13/h1-8H,(H,15,17). The highest BCUT2D eigenvalue weighted by Gasteiger charge is 2.09. The van der Waals surface area contributed by atoms with Crippen molar-refractivity contribution in [2.45, 2.75) is 0 Å². The molecule has 0 aliphatic heterocycles. The van der Waals surface area contributed by atoms with Crippen molar-refractivity contribution >= 4 is 22.6 Å². The lowest BCUT2D eigenvalue weighted by atomic mass is 10.2. The predicted octanol–water partition coefficient (Wildman–Crippen LogP) is 2.64. The van der Waals surface area contributed by atoms with Crippen LogP contribution in [0.3, 0.4) is 0 Å². The fourth-order valence-electron chi connectivity index (χ4n) is 1.76. The minimum atomic E-state index is -0.371. The van der Waals surface area contributed by atoms with Crippen LogP contribution in [0.2, 0.25) is 0 Å². The number of carbonyl (C=O) groups is 1. The number of benzene rings is 1. The van der Waals surface area contributed by atoms with Crippen LogP contribution < -0.4 is 10.7 Å². The number of hydrogen-bond donors (Lipinski definition) is 1. The molecule has 0 radical (unpaired) electrons. The lowest BCUT2D eigenvalue weighted by Crippen LogP contribution is -2.11. The molecule has 0 fully saturated rings. The maximum atomic E-state index is 11.8. The van der Waals surface area contributed by atoms with Gasteiger partial charge in [0, 0.05) is 11.8 Å². The van der Waals surface area contributed by atoms with E-state index in [0.717, 1.165) is 0 Å². The first-order valence-corrected chi connectivity index (χ1v) is 5.60. The van der Waals surface area contributed by atoms with Gasteiger partial charge < -0.3 is 14.2 Å². The highest BCUT2D eigenvalue weighted by atomic mass is 16.3. The Hall–Kier alpha value is -2.82. The number of furan rings is 1. The summed E-state index contributed by atoms with van der Waals surface area (Å²) < 4.78 is 10.2. The van der Waals surface area contributed by atoms with Gasteiger partial charge in [0.25, 0.3) is 5.91 Å². The van der Waals surface area contributed by atoms with E-state index in [2.05, 4.69) is 5.32 Å². The van der Waals surface area contributed by atoms with E-state index in [1.807, 2.05) is 0 Å². The van der Waals surface area contributed by atoms with Crippen LogP contribution in [0.1, 0.15) is 10.6 Å². The molecular weight excluding hydrogens is 246 g/mol. The van der Waals surface area contributed by atoms with Gasteiger partial charge in [0.2, 0.25) is 0 Å². The van der Waals surface area contributed by atoms with E-state index in [0.29, 0.717) is 16.7 Å². The van der Waals surface area contributed by atoms with E-state index in [4.69, 9.17) is 8.83 Å². The van der Waals surface area contributed by atoms with Crippen molar-refractivity contribution in [3.63, 3.8) is 0 Å². The van der Waals surface area contributed by atoms with E-state index < -0.39 is 0 Å². The summed E-state index contributed by atoms with van der Waals surface area (Å²) in [4.78, 5) is 23.4. The Bertz CT molecular complexity index is 787. The van der Waals surface area contributed by atoms with E-state index in [-0.39, 0.29) is 17.1 Å². The second-order valence-corrected chi connectivity index (χ2v) is 3.93. The Morgan fingerprint density at radius 3 is 2.74 bits per heavy atom. The summed E-state index contributed by atoms with van der Waals surface area (Å²) in [6.07, 6.45) is 2.76. The Balaban J connectivity index is 1.96. The monoisotopic (exact) mass is 255 g/mol. The quantitative estimate of drug-likeness (QED) is 0.764. The zero-order valence-electron chi connectivity index (χ0n) is 9.75. The largest absolute Gasteiger partial charge is 0.464 e. The van der Waals surface area contributed by atoms with Crippen LogP contribution in [0.4, 0.5) is 5.69 Å². The molecule has 1 amide bonds. The van der Waals surface area contributed by atoms with Crippen LogP contribution in [0.5, 0.6) is 0 Å². The van der Waals surface area contributed by atoms with Gasteiger partial charge in [0.05, 0.1) is 17.9 Å². The second-order valence-electron chi connectivity index (χ2n) is 3.93. The molecule has 19 heavy (non-hydrogen) atoms. The molecule has 0 bridgehead atoms. The van der Waals surface area contributed by atoms with Gasteiger partial charge in [-0.2, -0.15) is 0 Å². The smallest absolute Gasteiger partial charge is 0.291 e. The summed E-state index contributed by atoms with van der Waals surface area (Å²) in [5.74, 6) is -0.162. The van der Waals surface area contributed by atoms with Gasteiger partial charge >= 0.3 is 0 Å². The molecular formula is C14H9NO4. The molecule has 5 heteroatoms. The summed E-state index contributed by atoms with van der Waals surface area (Å²) >= 11 is 0. The van der Waals surface area contributed by atoms with Crippen molar-refractivity contribution in [3.8, 4) is 0 Å². The summed E-state index contributed by atoms with van der Waals surface area (Å²) in [7, 11) is 0. The fourth-order valence-corrected chi connectivity index (χ4v) is 1.76. The van der Waals surface area contributed by atoms with Crippen LogP contribution in [0.25, 0.3) is 11.0 Å². The van der Waals surface area contributed by atoms with E-state index in [1.165, 1.54) is 18.6 Å². The van der Waals surface area contributed by atoms with Gasteiger partial charge in [-0.05, 0) is 30.3 Å². The molecule has 94 valence electrons. The summed E-state index contributed by atoms with van der Waals surface area (Å²) in [5, 5.41) is 3.07. The Kier molecular flexibility index (Phi) is 2.64. The normalized spacial score (nSPS) is 10.5. The molecule has 0 spiro atoms. The predicted molar refractivity (Wildman–Crippen MR) is 69.1 cm³/mol. The first-order chi connectivity index (χ1) is 9.24. The van der Waals surface area contributed by atoms with Crippen molar-refractivity contribution in [1.29, 1.82) is 0 Å². The molecule has 0 saturated carbocycles. The van der Waals surface area contributed by atoms with Crippen LogP contribution in [0, 0.1) is 0 Å². The molecule has 1 aromatic carbocycles. The third kappa shape index (κ3) is 2.13. The van der Waals surface area contributed by atoms with Crippen LogP contribution in [0.15, 0.2) is 62.6 Å². The lowest BCUT2D eigenvalue weighted by molar-refractivity contribution is 0.0996. The Labute approximate surface area is 107 Å². The number of anilines is 1. The van der Waals surface area contributed by atoms with Gasteiger partial charge in [0.15, 0.2) is 11.2 Å². The zero-order valence-corrected chi connectivity index (χ0v) is 9.75. The number of hydrogen-bond acceptors (Lipinski definition) is 4. The van der Waals surface area contributed by atoms with E-state index in [1.54, 1.807) is 30.3 Å². The molecule has 0 atom stereocenters. The maximum absolute atomic E-state index is 11.8. The van der Waals surface area contributed by atoms with Gasteiger partial charge in [-0.25, -0.2) is 0 Å². The topological polar surface area (TPSA) is 72.5 Å². The van der Waals surface area contributed by atoms with Crippen molar-refractivity contribution in [3.05, 3.63) is 64.9 Å². The SMILES string of the molecule is O=C(Nc1ccc2occc(=O)c2c1)c1ccco1. The first-order valence-electron chi connectivity index (χ1n) is 5.60. The average Bonchev–Trinajstić information content (AvgIpc) is 2.94. The number of fused-ring (bicyclic) bond motifs is 1. The van der Waals surface area contributed by atoms with Crippen LogP contribution >= 0.6 is 0 Å². The number of amides is 1. The lowest BCUT2D eigenvalue weighted by Gasteiger charge is -2.03.